The van der Waals surface area contributed by atoms with Gasteiger partial charge in [0.05, 0.1) is 12.2 Å². The summed E-state index contributed by atoms with van der Waals surface area (Å²) in [6.45, 7) is 5.32. The van der Waals surface area contributed by atoms with E-state index in [1.807, 2.05) is 19.9 Å². The maximum Gasteiger partial charge on any atom is 0.247 e. The molecule has 6 nitrogen and oxygen atoms in total. The Bertz CT molecular complexity index is 685. The third kappa shape index (κ3) is 2.90. The van der Waals surface area contributed by atoms with Crippen LogP contribution in [0.2, 0.25) is 0 Å². The third-order valence-corrected chi connectivity index (χ3v) is 5.73. The number of amides is 1. The second kappa shape index (κ2) is 5.79. The van der Waals surface area contributed by atoms with Crippen LogP contribution in [0, 0.1) is 6.92 Å². The lowest BCUT2D eigenvalue weighted by Crippen LogP contribution is -2.49. The minimum Gasteiger partial charge on any atom is -0.487 e. The van der Waals surface area contributed by atoms with Crippen LogP contribution in [0.5, 0.6) is 5.75 Å². The third-order valence-electron chi connectivity index (χ3n) is 3.68. The zero-order valence-corrected chi connectivity index (χ0v) is 14.3. The molecule has 0 fully saturated rings. The van der Waals surface area contributed by atoms with Gasteiger partial charge < -0.3 is 9.64 Å². The highest BCUT2D eigenvalue weighted by Gasteiger charge is 2.39. The minimum absolute atomic E-state index is 0.198. The first-order chi connectivity index (χ1) is 10.1. The monoisotopic (exact) mass is 326 g/mol. The molecule has 0 bridgehead atoms. The standard InChI is InChI=1S/C15H22N2O4S/c1-10-6-7-14-13(8-10)17(9-11(2)21-14)22(19,20)12(3)15(18)16(4)5/h6-8,11-12H,9H2,1-5H3. The van der Waals surface area contributed by atoms with Crippen LogP contribution >= 0.6 is 0 Å². The molecular weight excluding hydrogens is 304 g/mol. The van der Waals surface area contributed by atoms with Gasteiger partial charge in [-0.1, -0.05) is 6.07 Å². The number of hydrogen-bond donors (Lipinski definition) is 0. The van der Waals surface area contributed by atoms with E-state index in [0.717, 1.165) is 5.56 Å². The molecule has 0 aromatic heterocycles. The maximum absolute atomic E-state index is 12.9. The SMILES string of the molecule is Cc1ccc2c(c1)N(S(=O)(=O)C(C)C(=O)N(C)C)CC(C)O2. The van der Waals surface area contributed by atoms with E-state index in [2.05, 4.69) is 0 Å². The van der Waals surface area contributed by atoms with Crippen molar-refractivity contribution in [2.45, 2.75) is 32.1 Å². The molecule has 0 saturated heterocycles. The molecule has 2 atom stereocenters. The summed E-state index contributed by atoms with van der Waals surface area (Å²) in [5.41, 5.74) is 1.43. The topological polar surface area (TPSA) is 66.9 Å². The Hall–Kier alpha value is -1.76. The van der Waals surface area contributed by atoms with Crippen molar-refractivity contribution in [3.8, 4) is 5.75 Å². The Morgan fingerprint density at radius 2 is 2.05 bits per heavy atom. The van der Waals surface area contributed by atoms with Crippen LogP contribution in [-0.4, -0.2) is 51.2 Å². The molecule has 1 aliphatic rings. The highest BCUT2D eigenvalue weighted by atomic mass is 32.2. The minimum atomic E-state index is -3.81. The van der Waals surface area contributed by atoms with Crippen LogP contribution in [0.15, 0.2) is 18.2 Å². The van der Waals surface area contributed by atoms with Gasteiger partial charge in [-0.15, -0.1) is 0 Å². The number of benzene rings is 1. The fourth-order valence-corrected chi connectivity index (χ4v) is 4.11. The number of carbonyl (C=O) groups excluding carboxylic acids is 1. The number of aryl methyl sites for hydroxylation is 1. The summed E-state index contributed by atoms with van der Waals surface area (Å²) >= 11 is 0. The second-order valence-corrected chi connectivity index (χ2v) is 8.03. The highest BCUT2D eigenvalue weighted by Crippen LogP contribution is 2.36. The predicted octanol–water partition coefficient (Wildman–Crippen LogP) is 1.39. The van der Waals surface area contributed by atoms with Crippen molar-refractivity contribution in [3.05, 3.63) is 23.8 Å². The van der Waals surface area contributed by atoms with Gasteiger partial charge >= 0.3 is 0 Å². The Labute approximate surface area is 131 Å². The van der Waals surface area contributed by atoms with Gasteiger partial charge in [-0.2, -0.15) is 0 Å². The molecule has 1 aromatic carbocycles. The molecular formula is C15H22N2O4S. The van der Waals surface area contributed by atoms with Crippen LogP contribution in [0.25, 0.3) is 0 Å². The molecule has 2 rings (SSSR count). The molecule has 1 heterocycles. The Balaban J connectivity index is 2.48. The van der Waals surface area contributed by atoms with Crippen molar-refractivity contribution >= 4 is 21.6 Å². The van der Waals surface area contributed by atoms with Gasteiger partial charge in [-0.3, -0.25) is 9.10 Å². The number of hydrogen-bond acceptors (Lipinski definition) is 4. The van der Waals surface area contributed by atoms with Gasteiger partial charge in [0.25, 0.3) is 0 Å². The maximum atomic E-state index is 12.9. The van der Waals surface area contributed by atoms with Crippen LogP contribution in [0.3, 0.4) is 0 Å². The van der Waals surface area contributed by atoms with E-state index < -0.39 is 21.2 Å². The van der Waals surface area contributed by atoms with Crippen molar-refractivity contribution in [1.29, 1.82) is 0 Å². The van der Waals surface area contributed by atoms with E-state index in [4.69, 9.17) is 4.74 Å². The lowest BCUT2D eigenvalue weighted by atomic mass is 10.2. The number of sulfonamides is 1. The second-order valence-electron chi connectivity index (χ2n) is 5.85. The summed E-state index contributed by atoms with van der Waals surface area (Å²) in [4.78, 5) is 13.4. The molecule has 22 heavy (non-hydrogen) atoms. The number of fused-ring (bicyclic) bond motifs is 1. The van der Waals surface area contributed by atoms with Crippen molar-refractivity contribution in [2.75, 3.05) is 24.9 Å². The number of rotatable bonds is 3. The predicted molar refractivity (Wildman–Crippen MR) is 85.7 cm³/mol. The fourth-order valence-electron chi connectivity index (χ4n) is 2.43. The molecule has 1 amide bonds. The quantitative estimate of drug-likeness (QED) is 0.842. The first kappa shape index (κ1) is 16.6. The van der Waals surface area contributed by atoms with Crippen LogP contribution in [0.4, 0.5) is 5.69 Å². The zero-order valence-electron chi connectivity index (χ0n) is 13.5. The van der Waals surface area contributed by atoms with Gasteiger partial charge in [0.2, 0.25) is 15.9 Å². The van der Waals surface area contributed by atoms with E-state index in [0.29, 0.717) is 11.4 Å². The normalized spacial score (nSPS) is 19.1. The first-order valence-corrected chi connectivity index (χ1v) is 8.65. The molecule has 0 aliphatic carbocycles. The smallest absolute Gasteiger partial charge is 0.247 e. The molecule has 0 spiro atoms. The number of ether oxygens (including phenoxy) is 1. The highest BCUT2D eigenvalue weighted by molar-refractivity contribution is 7.94. The van der Waals surface area contributed by atoms with Crippen molar-refractivity contribution in [3.63, 3.8) is 0 Å². The molecule has 122 valence electrons. The van der Waals surface area contributed by atoms with E-state index in [1.54, 1.807) is 26.2 Å². The molecule has 1 aliphatic heterocycles. The summed E-state index contributed by atoms with van der Waals surface area (Å²) in [5.74, 6) is 0.0887. The van der Waals surface area contributed by atoms with E-state index in [9.17, 15) is 13.2 Å². The zero-order chi connectivity index (χ0) is 16.7. The number of carbonyl (C=O) groups is 1. The molecule has 0 N–H and O–H groups in total. The van der Waals surface area contributed by atoms with Crippen molar-refractivity contribution in [2.24, 2.45) is 0 Å². The number of nitrogens with zero attached hydrogens (tertiary/aromatic N) is 2. The molecule has 0 radical (unpaired) electrons. The van der Waals surface area contributed by atoms with Crippen LogP contribution < -0.4 is 9.04 Å². The largest absolute Gasteiger partial charge is 0.487 e. The number of anilines is 1. The Kier molecular flexibility index (Phi) is 4.37. The molecule has 0 saturated carbocycles. The fraction of sp³-hybridized carbons (Fsp3) is 0.533. The summed E-state index contributed by atoms with van der Waals surface area (Å²) < 4.78 is 32.7. The van der Waals surface area contributed by atoms with Crippen molar-refractivity contribution in [1.82, 2.24) is 4.90 Å². The van der Waals surface area contributed by atoms with Gasteiger partial charge in [0.1, 0.15) is 11.9 Å². The van der Waals surface area contributed by atoms with Crippen molar-refractivity contribution < 1.29 is 17.9 Å². The molecule has 1 aromatic rings. The Morgan fingerprint density at radius 1 is 1.41 bits per heavy atom. The lowest BCUT2D eigenvalue weighted by molar-refractivity contribution is -0.127. The summed E-state index contributed by atoms with van der Waals surface area (Å²) in [5, 5.41) is -1.14. The van der Waals surface area contributed by atoms with E-state index in [-0.39, 0.29) is 12.6 Å². The first-order valence-electron chi connectivity index (χ1n) is 7.14. The van der Waals surface area contributed by atoms with Gasteiger partial charge in [-0.05, 0) is 38.5 Å². The van der Waals surface area contributed by atoms with Crippen LogP contribution in [-0.2, 0) is 14.8 Å². The Morgan fingerprint density at radius 3 is 2.64 bits per heavy atom. The van der Waals surface area contributed by atoms with Gasteiger partial charge in [-0.25, -0.2) is 8.42 Å². The van der Waals surface area contributed by atoms with E-state index >= 15 is 0 Å². The average molecular weight is 326 g/mol. The molecule has 7 heteroatoms. The summed E-state index contributed by atoms with van der Waals surface area (Å²) in [6, 6.07) is 5.41. The average Bonchev–Trinajstić information content (AvgIpc) is 2.45. The van der Waals surface area contributed by atoms with E-state index in [1.165, 1.54) is 16.1 Å². The summed E-state index contributed by atoms with van der Waals surface area (Å²) in [7, 11) is -0.707. The van der Waals surface area contributed by atoms with Crippen LogP contribution in [0.1, 0.15) is 19.4 Å². The van der Waals surface area contributed by atoms with Gasteiger partial charge in [0.15, 0.2) is 5.25 Å². The molecule has 2 unspecified atom stereocenters. The summed E-state index contributed by atoms with van der Waals surface area (Å²) in [6.07, 6.45) is -0.272. The van der Waals surface area contributed by atoms with Gasteiger partial charge in [0, 0.05) is 14.1 Å². The lowest BCUT2D eigenvalue weighted by Gasteiger charge is -2.36.